The number of hydrogen-bond acceptors (Lipinski definition) is 9. The topological polar surface area (TPSA) is 175 Å². The van der Waals surface area contributed by atoms with Gasteiger partial charge in [-0.3, -0.25) is 14.4 Å². The summed E-state index contributed by atoms with van der Waals surface area (Å²) >= 11 is 0. The van der Waals surface area contributed by atoms with Crippen LogP contribution in [-0.2, 0) is 20.9 Å². The fraction of sp³-hybridized carbons (Fsp3) is 0.804. The summed E-state index contributed by atoms with van der Waals surface area (Å²) in [5.41, 5.74) is 1.97. The number of hydrogen-bond donors (Lipinski definition) is 7. The second-order valence-electron chi connectivity index (χ2n) is 35.6. The molecule has 509 valence electrons. The molecule has 8 unspecified atom stereocenters. The number of aliphatic hydroxyl groups excluding tert-OH is 2. The number of aliphatic hydroxyl groups is 2. The highest BCUT2D eigenvalue weighted by molar-refractivity contribution is 8.29. The molecule has 7 N–H and O–H groups in total. The van der Waals surface area contributed by atoms with E-state index >= 15 is 0 Å². The number of unbranched alkanes of at least 4 members (excludes halogenated alkanes) is 1. The molecular weight excluding hydrogens is 1380 g/mol. The number of carbonyl (C=O) groups is 3. The highest BCUT2D eigenvalue weighted by Gasteiger charge is 2.61. The standard InChI is InChI=1S/C46H78BN5O7.B30.B29/c1-30(36-18-19-37-35-17-16-33-28-34(54)21-23-45(33,3)38(35)22-24-46(36,37)4)15-20-41(55)49-25-11-10-14-40(48-5)43(56)50-42(31(2)53)44(57)52(7)27-26-51(6)29-32-12-8-9-13-39(32)47(58)59;1-17(2)25(18(3)4)29(26(19(5)6)20(7)8)30(27(21(9)10)22(11)12)28(23(13)14)24(15)16;1-16-24(17(2)3)28(25(18(4)5)19(6)7)29(26(20(8)9)21(10)11)27(22(12)13)23(14)15/h8-9,12-13,30-31,33-38,40,42,48,53-54,58-59H,10-11,14-29H2,1-7H3,(H,49,55)(H,50,56);;/t30?,31?,33-,34-,35?,36?,37?,38?,40?,42?,45+,46-;;/m0../s1. The first kappa shape index (κ1) is 113. The molecule has 0 bridgehead atoms. The Kier molecular flexibility index (Phi) is 51.5. The van der Waals surface area contributed by atoms with Crippen LogP contribution >= 0.6 is 0 Å². The zero-order valence-corrected chi connectivity index (χ0v) is 71.4. The Morgan fingerprint density at radius 3 is 1.35 bits per heavy atom. The molecule has 1 aromatic rings. The van der Waals surface area contributed by atoms with Crippen molar-refractivity contribution in [1.82, 2.24) is 25.8 Å². The Morgan fingerprint density at radius 1 is 0.525 bits per heavy atom. The maximum absolute atomic E-state index is 13.4. The predicted octanol–water partition coefficient (Wildman–Crippen LogP) is -19.0. The zero-order chi connectivity index (χ0) is 90.4. The number of carbonyl (C=O) groups excluding carboxylic acids is 3. The molecule has 63 radical (unpaired) electrons. The van der Waals surface area contributed by atoms with Crippen molar-refractivity contribution >= 4 is 450 Å². The number of nitrogens with one attached hydrogen (secondary N) is 3. The largest absolute Gasteiger partial charge is 0.488 e. The molecule has 12 atom stereocenters. The molecule has 72 heteroatoms. The van der Waals surface area contributed by atoms with Gasteiger partial charge in [0, 0.05) is 459 Å². The monoisotopic (exact) mass is 1470 g/mol. The quantitative estimate of drug-likeness (QED) is 0.0248. The Bertz CT molecular complexity index is 2900. The van der Waals surface area contributed by atoms with Crippen LogP contribution in [-0.4, -0.2) is 539 Å². The molecule has 118 heavy (non-hydrogen) atoms. The lowest BCUT2D eigenvalue weighted by Crippen LogP contribution is -2.88. The molecule has 0 aliphatic heterocycles. The maximum atomic E-state index is 13.4. The first-order valence-electron chi connectivity index (χ1n) is 42.0. The minimum absolute atomic E-state index is 0.0938. The summed E-state index contributed by atoms with van der Waals surface area (Å²) in [6.45, 7) is 10.8. The highest BCUT2D eigenvalue weighted by Crippen LogP contribution is 2.68. The van der Waals surface area contributed by atoms with Gasteiger partial charge < -0.3 is 46.0 Å². The van der Waals surface area contributed by atoms with Crippen LogP contribution in [0.5, 0.6) is 0 Å². The summed E-state index contributed by atoms with van der Waals surface area (Å²) < 4.78 is 0. The zero-order valence-electron chi connectivity index (χ0n) is 71.4. The van der Waals surface area contributed by atoms with Crippen LogP contribution in [0, 0.1) is 46.3 Å². The van der Waals surface area contributed by atoms with Gasteiger partial charge in [-0.25, -0.2) is 0 Å². The van der Waals surface area contributed by atoms with Crippen molar-refractivity contribution in [3.63, 3.8) is 0 Å². The molecular formula is C46H78B60N5O7. The Balaban J connectivity index is 0.000000514. The van der Waals surface area contributed by atoms with E-state index in [1.165, 1.54) is 63.8 Å². The van der Waals surface area contributed by atoms with Gasteiger partial charge in [-0.2, -0.15) is 0 Å². The summed E-state index contributed by atoms with van der Waals surface area (Å²) in [5.74, 6) is 3.61. The van der Waals surface area contributed by atoms with Crippen molar-refractivity contribution in [3.05, 3.63) is 29.8 Å². The summed E-state index contributed by atoms with van der Waals surface area (Å²) in [7, 11) is 191. The third kappa shape index (κ3) is 31.5. The average molecular weight is 1460 g/mol. The summed E-state index contributed by atoms with van der Waals surface area (Å²) in [6.07, 6.45) is -12.4. The molecule has 4 aliphatic carbocycles. The summed E-state index contributed by atoms with van der Waals surface area (Å²) in [4.78, 5) is 43.1. The average Bonchev–Trinajstić information content (AvgIpc) is 1.47. The third-order valence-corrected chi connectivity index (χ3v) is 27.5. The maximum Gasteiger partial charge on any atom is 0.488 e. The van der Waals surface area contributed by atoms with Gasteiger partial charge in [0.1, 0.15) is 6.04 Å². The molecule has 1 aromatic carbocycles. The Hall–Kier alpha value is 1.29. The predicted molar refractivity (Wildman–Crippen MR) is 573 cm³/mol. The van der Waals surface area contributed by atoms with Crippen LogP contribution in [0.4, 0.5) is 0 Å². The van der Waals surface area contributed by atoms with E-state index in [0.717, 1.165) is 49.0 Å². The molecule has 4 aliphatic rings. The van der Waals surface area contributed by atoms with Gasteiger partial charge in [0.25, 0.3) is 0 Å². The van der Waals surface area contributed by atoms with Crippen molar-refractivity contribution in [3.8, 4) is 0 Å². The van der Waals surface area contributed by atoms with Crippen molar-refractivity contribution in [2.75, 3.05) is 40.8 Å². The lowest BCUT2D eigenvalue weighted by atomic mass is 8.31. The van der Waals surface area contributed by atoms with Crippen LogP contribution in [0.1, 0.15) is 123 Å². The van der Waals surface area contributed by atoms with Crippen molar-refractivity contribution in [2.24, 2.45) is 46.3 Å². The molecule has 0 spiro atoms. The van der Waals surface area contributed by atoms with Crippen LogP contribution in [0.15, 0.2) is 24.3 Å². The van der Waals surface area contributed by atoms with Gasteiger partial charge in [-0.05, 0) is 162 Å². The number of likely N-dealkylation sites (N-methyl/N-ethyl adjacent to an activating group) is 3. The van der Waals surface area contributed by atoms with Crippen LogP contribution in [0.3, 0.4) is 0 Å². The van der Waals surface area contributed by atoms with Crippen molar-refractivity contribution < 1.29 is 34.6 Å². The van der Waals surface area contributed by atoms with Gasteiger partial charge in [0.05, 0.1) is 18.2 Å². The minimum atomic E-state index is -1.57. The van der Waals surface area contributed by atoms with Gasteiger partial charge in [-0.1, -0.05) is 45.0 Å². The van der Waals surface area contributed by atoms with E-state index in [4.69, 9.17) is 240 Å². The number of fused-ring (bicyclic) bond motifs is 5. The third-order valence-electron chi connectivity index (χ3n) is 27.5. The number of benzene rings is 1. The van der Waals surface area contributed by atoms with Gasteiger partial charge >= 0.3 is 7.12 Å². The lowest BCUT2D eigenvalue weighted by molar-refractivity contribution is -0.139. The summed E-state index contributed by atoms with van der Waals surface area (Å²) in [5, 5.41) is 49.2. The first-order valence-corrected chi connectivity index (χ1v) is 42.0. The molecule has 12 nitrogen and oxygen atoms in total. The first-order chi connectivity index (χ1) is 54.8. The number of nitrogens with zero attached hydrogens (tertiary/aromatic N) is 2. The van der Waals surface area contributed by atoms with Crippen LogP contribution in [0.25, 0.3) is 0 Å². The molecule has 4 fully saturated rings. The molecule has 0 aromatic heterocycles. The van der Waals surface area contributed by atoms with E-state index in [1.54, 1.807) is 26.2 Å². The Morgan fingerprint density at radius 2 is 0.941 bits per heavy atom. The summed E-state index contributed by atoms with van der Waals surface area (Å²) in [6, 6.07) is 5.42. The minimum Gasteiger partial charge on any atom is -0.423 e. The molecule has 4 saturated carbocycles. The highest BCUT2D eigenvalue weighted by atomic mass is 16.4. The normalized spacial score (nSPS) is 20.2. The van der Waals surface area contributed by atoms with E-state index in [2.05, 4.69) is 36.7 Å². The van der Waals surface area contributed by atoms with Gasteiger partial charge in [-0.15, -0.1) is 0 Å². The van der Waals surface area contributed by atoms with Gasteiger partial charge in [0.2, 0.25) is 17.7 Å². The van der Waals surface area contributed by atoms with Crippen molar-refractivity contribution in [1.29, 1.82) is 0 Å². The Labute approximate surface area is 769 Å². The fourth-order valence-corrected chi connectivity index (χ4v) is 21.6. The van der Waals surface area contributed by atoms with Crippen LogP contribution < -0.4 is 21.4 Å². The number of amides is 3. The van der Waals surface area contributed by atoms with E-state index in [1.807, 2.05) is 24.1 Å². The second kappa shape index (κ2) is 53.6. The van der Waals surface area contributed by atoms with E-state index in [9.17, 15) is 34.6 Å². The molecule has 0 saturated heterocycles. The smallest absolute Gasteiger partial charge is 0.423 e. The van der Waals surface area contributed by atoms with Crippen LogP contribution in [0.2, 0.25) is 0 Å². The number of rotatable bonds is 46. The van der Waals surface area contributed by atoms with E-state index in [0.29, 0.717) is 79.5 Å². The second-order valence-corrected chi connectivity index (χ2v) is 35.6. The lowest BCUT2D eigenvalue weighted by Gasteiger charge is -2.61. The fourth-order valence-electron chi connectivity index (χ4n) is 21.6. The van der Waals surface area contributed by atoms with E-state index in [-0.39, 0.29) is 17.9 Å². The SMILES string of the molecule is CNC(CCCCNC(=O)CCC(C)C1CCC2C3CC[C@H]4C[C@@H](O)CC[C@@]4(C)C3CC[C@@]12C)C(=O)NC(C(=O)N(C)CCN(C)Cc1ccccc1B(O)O)C(C)O.[B]B([B])B(B([B])[B])B(B(B([B])[B])B([B])[B])B(B(B([B])[B])B([B])[B])B(B([B])[B])B([B])[B].[B][B]B(B([B])[B])B(B(B([B])[B])B([B])[B])B(B(B([B])[B])B([B])[B])B(B([B])[B])B([B])[B]. The van der Waals surface area contributed by atoms with Gasteiger partial charge in [0.15, 0.2) is 0 Å². The molecule has 5 rings (SSSR count). The van der Waals surface area contributed by atoms with E-state index < -0.39 is 204 Å². The molecule has 3 amide bonds. The molecule has 0 heterocycles. The van der Waals surface area contributed by atoms with Crippen molar-refractivity contribution in [2.45, 2.75) is 148 Å².